The number of aromatic hydroxyl groups is 1. The third-order valence-corrected chi connectivity index (χ3v) is 6.86. The molecule has 5 rings (SSSR count). The van der Waals surface area contributed by atoms with Crippen molar-refractivity contribution in [3.05, 3.63) is 88.5 Å². The lowest BCUT2D eigenvalue weighted by Crippen LogP contribution is -2.29. The Kier molecular flexibility index (Phi) is 5.47. The van der Waals surface area contributed by atoms with E-state index in [9.17, 15) is 19.8 Å². The number of Topliss-reactive ketones (excluding diaryl/α,β-unsaturated/α-hetero) is 1. The molecule has 0 spiro atoms. The van der Waals surface area contributed by atoms with Gasteiger partial charge in [-0.25, -0.2) is 4.98 Å². The third kappa shape index (κ3) is 3.57. The number of phenolic OH excluding ortho intramolecular Hbond substituents is 1. The second-order valence-corrected chi connectivity index (χ2v) is 9.02. The molecule has 1 aliphatic heterocycles. The Hall–Kier alpha value is -3.88. The number of carbonyl (C=O) groups is 2. The summed E-state index contributed by atoms with van der Waals surface area (Å²) < 4.78 is 6.08. The predicted molar refractivity (Wildman–Crippen MR) is 131 cm³/mol. The van der Waals surface area contributed by atoms with Gasteiger partial charge in [-0.2, -0.15) is 0 Å². The highest BCUT2D eigenvalue weighted by molar-refractivity contribution is 7.22. The largest absolute Gasteiger partial charge is 0.507 e. The van der Waals surface area contributed by atoms with Gasteiger partial charge in [-0.05, 0) is 54.1 Å². The summed E-state index contributed by atoms with van der Waals surface area (Å²) in [4.78, 5) is 32.4. The van der Waals surface area contributed by atoms with Crippen LogP contribution >= 0.6 is 22.9 Å². The second-order valence-electron chi connectivity index (χ2n) is 7.57. The van der Waals surface area contributed by atoms with Gasteiger partial charge in [0, 0.05) is 10.6 Å². The Bertz CT molecular complexity index is 1450. The molecule has 1 unspecified atom stereocenters. The number of carbonyl (C=O) groups excluding carboxylic acids is 2. The summed E-state index contributed by atoms with van der Waals surface area (Å²) in [5.74, 6) is -1.93. The molecule has 34 heavy (non-hydrogen) atoms. The smallest absolute Gasteiger partial charge is 0.301 e. The number of aliphatic hydroxyl groups excluding tert-OH is 1. The number of hydrogen-bond acceptors (Lipinski definition) is 7. The van der Waals surface area contributed by atoms with Crippen molar-refractivity contribution in [3.8, 4) is 11.5 Å². The molecule has 3 aromatic carbocycles. The molecule has 7 nitrogen and oxygen atoms in total. The fourth-order valence-electron chi connectivity index (χ4n) is 3.94. The molecule has 2 heterocycles. The fourth-order valence-corrected chi connectivity index (χ4v) is 5.05. The minimum absolute atomic E-state index is 0.0964. The molecule has 1 aromatic heterocycles. The zero-order valence-electron chi connectivity index (χ0n) is 17.7. The van der Waals surface area contributed by atoms with E-state index < -0.39 is 17.7 Å². The number of fused-ring (bicyclic) bond motifs is 1. The number of halogens is 1. The van der Waals surface area contributed by atoms with Crippen LogP contribution in [-0.4, -0.2) is 34.0 Å². The molecule has 1 saturated heterocycles. The summed E-state index contributed by atoms with van der Waals surface area (Å²) in [7, 11) is 1.40. The first kappa shape index (κ1) is 21.9. The van der Waals surface area contributed by atoms with Gasteiger partial charge >= 0.3 is 5.91 Å². The lowest BCUT2D eigenvalue weighted by Gasteiger charge is -2.23. The molecule has 1 fully saturated rings. The molecule has 4 aromatic rings. The van der Waals surface area contributed by atoms with Crippen LogP contribution in [0, 0.1) is 0 Å². The Morgan fingerprint density at radius 3 is 2.53 bits per heavy atom. The molecular weight excluding hydrogens is 476 g/mol. The summed E-state index contributed by atoms with van der Waals surface area (Å²) >= 11 is 7.23. The second kappa shape index (κ2) is 8.48. The van der Waals surface area contributed by atoms with E-state index in [1.165, 1.54) is 35.5 Å². The number of benzene rings is 3. The van der Waals surface area contributed by atoms with Crippen molar-refractivity contribution in [2.75, 3.05) is 12.0 Å². The van der Waals surface area contributed by atoms with E-state index >= 15 is 0 Å². The number of rotatable bonds is 4. The Morgan fingerprint density at radius 2 is 1.82 bits per heavy atom. The Morgan fingerprint density at radius 1 is 1.09 bits per heavy atom. The average molecular weight is 493 g/mol. The standard InChI is InChI=1S/C25H17ClN2O5S/c1-33-18-12-14(8-11-17(18)29)21-20(22(30)13-6-9-15(26)10-7-13)23(31)24(32)28(21)25-27-16-4-2-3-5-19(16)34-25/h2-12,21,29-30H,1H3/b22-20+. The number of anilines is 1. The van der Waals surface area contributed by atoms with Gasteiger partial charge in [-0.15, -0.1) is 0 Å². The maximum absolute atomic E-state index is 13.3. The minimum Gasteiger partial charge on any atom is -0.507 e. The number of thiazole rings is 1. The number of ether oxygens (including phenoxy) is 1. The third-order valence-electron chi connectivity index (χ3n) is 5.57. The lowest BCUT2D eigenvalue weighted by atomic mass is 9.95. The molecule has 0 aliphatic carbocycles. The van der Waals surface area contributed by atoms with Gasteiger partial charge in [-0.3, -0.25) is 14.5 Å². The van der Waals surface area contributed by atoms with Crippen LogP contribution in [0.25, 0.3) is 16.0 Å². The van der Waals surface area contributed by atoms with Crippen molar-refractivity contribution < 1.29 is 24.5 Å². The molecular formula is C25H17ClN2O5S. The highest BCUT2D eigenvalue weighted by Crippen LogP contribution is 2.45. The molecule has 0 saturated carbocycles. The van der Waals surface area contributed by atoms with Crippen molar-refractivity contribution in [2.45, 2.75) is 6.04 Å². The van der Waals surface area contributed by atoms with Crippen molar-refractivity contribution in [3.63, 3.8) is 0 Å². The number of hydrogen-bond donors (Lipinski definition) is 2. The monoisotopic (exact) mass is 492 g/mol. The van der Waals surface area contributed by atoms with Gasteiger partial charge < -0.3 is 14.9 Å². The van der Waals surface area contributed by atoms with Gasteiger partial charge in [0.05, 0.1) is 28.9 Å². The first-order chi connectivity index (χ1) is 16.4. The number of phenols is 1. The number of amides is 1. The summed E-state index contributed by atoms with van der Waals surface area (Å²) in [6.45, 7) is 0. The van der Waals surface area contributed by atoms with Crippen LogP contribution in [0.2, 0.25) is 5.02 Å². The summed E-state index contributed by atoms with van der Waals surface area (Å²) in [6, 6.07) is 17.2. The van der Waals surface area contributed by atoms with E-state index in [2.05, 4.69) is 4.98 Å². The van der Waals surface area contributed by atoms with Crippen LogP contribution in [0.5, 0.6) is 11.5 Å². The number of aliphatic hydroxyl groups is 1. The first-order valence-electron chi connectivity index (χ1n) is 10.2. The van der Waals surface area contributed by atoms with Crippen molar-refractivity contribution in [1.82, 2.24) is 4.98 Å². The van der Waals surface area contributed by atoms with E-state index in [4.69, 9.17) is 16.3 Å². The number of methoxy groups -OCH3 is 1. The minimum atomic E-state index is -0.995. The van der Waals surface area contributed by atoms with Crippen LogP contribution in [0.3, 0.4) is 0 Å². The quantitative estimate of drug-likeness (QED) is 0.228. The van der Waals surface area contributed by atoms with Crippen molar-refractivity contribution >= 4 is 55.7 Å². The lowest BCUT2D eigenvalue weighted by molar-refractivity contribution is -0.132. The Labute approximate surface area is 203 Å². The fraction of sp³-hybridized carbons (Fsp3) is 0.0800. The van der Waals surface area contributed by atoms with Crippen LogP contribution in [0.4, 0.5) is 5.13 Å². The number of aromatic nitrogens is 1. The van der Waals surface area contributed by atoms with Crippen LogP contribution in [-0.2, 0) is 9.59 Å². The average Bonchev–Trinajstić information content (AvgIpc) is 3.38. The highest BCUT2D eigenvalue weighted by Gasteiger charge is 2.48. The number of nitrogens with zero attached hydrogens (tertiary/aromatic N) is 2. The van der Waals surface area contributed by atoms with Crippen molar-refractivity contribution in [2.24, 2.45) is 0 Å². The van der Waals surface area contributed by atoms with E-state index in [0.717, 1.165) is 4.70 Å². The van der Waals surface area contributed by atoms with Crippen LogP contribution in [0.15, 0.2) is 72.3 Å². The van der Waals surface area contributed by atoms with E-state index in [0.29, 0.717) is 26.8 Å². The van der Waals surface area contributed by atoms with Gasteiger partial charge in [0.2, 0.25) is 0 Å². The summed E-state index contributed by atoms with van der Waals surface area (Å²) in [6.07, 6.45) is 0. The Balaban J connectivity index is 1.75. The molecule has 1 atom stereocenters. The zero-order valence-corrected chi connectivity index (χ0v) is 19.3. The molecule has 0 bridgehead atoms. The number of ketones is 1. The van der Waals surface area contributed by atoms with E-state index in [1.807, 2.05) is 24.3 Å². The van der Waals surface area contributed by atoms with E-state index in [-0.39, 0.29) is 22.8 Å². The normalized spacial score (nSPS) is 17.5. The van der Waals surface area contributed by atoms with Gasteiger partial charge in [-0.1, -0.05) is 41.1 Å². The summed E-state index contributed by atoms with van der Waals surface area (Å²) in [5.41, 5.74) is 1.38. The van der Waals surface area contributed by atoms with E-state index in [1.54, 1.807) is 30.3 Å². The zero-order chi connectivity index (χ0) is 24.0. The van der Waals surface area contributed by atoms with Crippen molar-refractivity contribution in [1.29, 1.82) is 0 Å². The predicted octanol–water partition coefficient (Wildman–Crippen LogP) is 5.29. The van der Waals surface area contributed by atoms with Crippen LogP contribution in [0.1, 0.15) is 17.2 Å². The molecule has 170 valence electrons. The molecule has 2 N–H and O–H groups in total. The van der Waals surface area contributed by atoms with Gasteiger partial charge in [0.15, 0.2) is 16.6 Å². The molecule has 1 aliphatic rings. The first-order valence-corrected chi connectivity index (χ1v) is 11.4. The number of para-hydroxylation sites is 1. The SMILES string of the molecule is COc1cc(C2/C(=C(\O)c3ccc(Cl)cc3)C(=O)C(=O)N2c2nc3ccccc3s2)ccc1O. The molecule has 0 radical (unpaired) electrons. The van der Waals surface area contributed by atoms with Crippen LogP contribution < -0.4 is 9.64 Å². The maximum Gasteiger partial charge on any atom is 0.301 e. The molecule has 9 heteroatoms. The van der Waals surface area contributed by atoms with Gasteiger partial charge in [0.25, 0.3) is 5.78 Å². The topological polar surface area (TPSA) is 100.0 Å². The van der Waals surface area contributed by atoms with Gasteiger partial charge in [0.1, 0.15) is 5.76 Å². The maximum atomic E-state index is 13.3. The molecule has 1 amide bonds. The summed E-state index contributed by atoms with van der Waals surface area (Å²) in [5, 5.41) is 22.0. The highest BCUT2D eigenvalue weighted by atomic mass is 35.5.